The van der Waals surface area contributed by atoms with Crippen molar-refractivity contribution >= 4 is 17.8 Å². The zero-order valence-corrected chi connectivity index (χ0v) is 14.7. The summed E-state index contributed by atoms with van der Waals surface area (Å²) in [6, 6.07) is 8.90. The van der Waals surface area contributed by atoms with Crippen molar-refractivity contribution in [1.29, 1.82) is 0 Å². The van der Waals surface area contributed by atoms with Gasteiger partial charge in [0.05, 0.1) is 5.57 Å². The number of allylic oxidation sites excluding steroid dienone is 1. The Labute approximate surface area is 152 Å². The van der Waals surface area contributed by atoms with Gasteiger partial charge in [0, 0.05) is 5.92 Å². The van der Waals surface area contributed by atoms with Crippen LogP contribution in [-0.4, -0.2) is 29.3 Å². The number of fused-ring (bicyclic) bond motifs is 5. The number of hydrogen-bond donors (Lipinski definition) is 0. The van der Waals surface area contributed by atoms with Gasteiger partial charge < -0.3 is 4.74 Å². The average Bonchev–Trinajstić information content (AvgIpc) is 3.39. The molecule has 5 heteroatoms. The number of amides is 2. The molecule has 5 nitrogen and oxygen atoms in total. The standard InChI is InChI=1S/C21H21NO4/c1-11-16-13-7-8-14(9-13)18(16)19(23)17(11)20(24)22-15(10-26-21(22)25)12-5-3-2-4-6-12/h2-6,13-16,18H,7-10H2,1H3/t13-,14+,15+,16+,18-/m0/s1. The van der Waals surface area contributed by atoms with E-state index in [4.69, 9.17) is 4.74 Å². The second kappa shape index (κ2) is 5.53. The second-order valence-corrected chi connectivity index (χ2v) is 7.99. The molecule has 2 amide bonds. The predicted octanol–water partition coefficient (Wildman–Crippen LogP) is 3.27. The highest BCUT2D eigenvalue weighted by molar-refractivity contribution is 6.25. The van der Waals surface area contributed by atoms with Gasteiger partial charge >= 0.3 is 6.09 Å². The number of ether oxygens (including phenoxy) is 1. The number of hydrogen-bond acceptors (Lipinski definition) is 4. The number of imide groups is 1. The van der Waals surface area contributed by atoms with Gasteiger partial charge in [-0.05, 0) is 49.5 Å². The fourth-order valence-corrected chi connectivity index (χ4v) is 5.78. The van der Waals surface area contributed by atoms with Crippen molar-refractivity contribution in [2.75, 3.05) is 6.61 Å². The van der Waals surface area contributed by atoms with Gasteiger partial charge in [0.2, 0.25) is 0 Å². The van der Waals surface area contributed by atoms with Crippen LogP contribution in [-0.2, 0) is 14.3 Å². The fourth-order valence-electron chi connectivity index (χ4n) is 5.78. The van der Waals surface area contributed by atoms with Crippen molar-refractivity contribution in [2.45, 2.75) is 32.2 Å². The molecule has 5 atom stereocenters. The molecule has 1 aromatic rings. The van der Waals surface area contributed by atoms with E-state index in [-0.39, 0.29) is 29.8 Å². The smallest absolute Gasteiger partial charge is 0.417 e. The number of Topliss-reactive ketones (excluding diaryl/α,β-unsaturated/α-hetero) is 1. The van der Waals surface area contributed by atoms with Crippen LogP contribution in [0, 0.1) is 23.7 Å². The summed E-state index contributed by atoms with van der Waals surface area (Å²) in [5, 5.41) is 0. The zero-order valence-electron chi connectivity index (χ0n) is 14.7. The van der Waals surface area contributed by atoms with E-state index in [1.165, 1.54) is 0 Å². The average molecular weight is 351 g/mol. The SMILES string of the molecule is CC1=C(C(=O)N2C(=O)OC[C@@H]2c2ccccc2)C(=O)[C@H]2[C@@H]3CC[C@@H](C3)[C@@H]12. The molecule has 3 aliphatic carbocycles. The van der Waals surface area contributed by atoms with E-state index in [1.807, 2.05) is 37.3 Å². The van der Waals surface area contributed by atoms with Crippen molar-refractivity contribution in [2.24, 2.45) is 23.7 Å². The first-order valence-electron chi connectivity index (χ1n) is 9.38. The molecule has 0 spiro atoms. The van der Waals surface area contributed by atoms with Crippen LogP contribution in [0.4, 0.5) is 4.79 Å². The Morgan fingerprint density at radius 3 is 2.46 bits per heavy atom. The lowest BCUT2D eigenvalue weighted by atomic mass is 9.79. The molecule has 2 bridgehead atoms. The molecule has 0 N–H and O–H groups in total. The van der Waals surface area contributed by atoms with Gasteiger partial charge in [-0.1, -0.05) is 35.9 Å². The highest BCUT2D eigenvalue weighted by Gasteiger charge is 2.58. The lowest BCUT2D eigenvalue weighted by molar-refractivity contribution is -0.129. The fraction of sp³-hybridized carbons (Fsp3) is 0.476. The molecule has 1 aromatic carbocycles. The predicted molar refractivity (Wildman–Crippen MR) is 92.9 cm³/mol. The number of nitrogens with zero attached hydrogens (tertiary/aromatic N) is 1. The van der Waals surface area contributed by atoms with Gasteiger partial charge in [-0.15, -0.1) is 0 Å². The lowest BCUT2D eigenvalue weighted by Crippen LogP contribution is -2.37. The normalized spacial score (nSPS) is 35.3. The first kappa shape index (κ1) is 15.8. The summed E-state index contributed by atoms with van der Waals surface area (Å²) < 4.78 is 5.16. The van der Waals surface area contributed by atoms with E-state index in [0.717, 1.165) is 35.3 Å². The lowest BCUT2D eigenvalue weighted by Gasteiger charge is -2.24. The minimum Gasteiger partial charge on any atom is -0.446 e. The Morgan fingerprint density at radius 1 is 1.08 bits per heavy atom. The van der Waals surface area contributed by atoms with E-state index in [0.29, 0.717) is 11.8 Å². The molecule has 1 heterocycles. The minimum atomic E-state index is -0.656. The van der Waals surface area contributed by atoms with E-state index < -0.39 is 18.0 Å². The van der Waals surface area contributed by atoms with E-state index in [2.05, 4.69) is 0 Å². The van der Waals surface area contributed by atoms with E-state index in [9.17, 15) is 14.4 Å². The van der Waals surface area contributed by atoms with Gasteiger partial charge in [-0.3, -0.25) is 9.59 Å². The van der Waals surface area contributed by atoms with Crippen molar-refractivity contribution < 1.29 is 19.1 Å². The molecule has 1 saturated heterocycles. The van der Waals surface area contributed by atoms with Crippen LogP contribution in [0.1, 0.15) is 37.8 Å². The molecule has 1 aliphatic heterocycles. The zero-order chi connectivity index (χ0) is 18.0. The Hall–Kier alpha value is -2.43. The van der Waals surface area contributed by atoms with E-state index >= 15 is 0 Å². The molecular weight excluding hydrogens is 330 g/mol. The molecule has 3 fully saturated rings. The summed E-state index contributed by atoms with van der Waals surface area (Å²) >= 11 is 0. The molecule has 134 valence electrons. The monoisotopic (exact) mass is 351 g/mol. The Kier molecular flexibility index (Phi) is 3.36. The largest absolute Gasteiger partial charge is 0.446 e. The molecule has 0 radical (unpaired) electrons. The van der Waals surface area contributed by atoms with Crippen LogP contribution >= 0.6 is 0 Å². The Bertz CT molecular complexity index is 843. The molecule has 5 rings (SSSR count). The third-order valence-electron chi connectivity index (χ3n) is 6.85. The van der Waals surface area contributed by atoms with Gasteiger partial charge in [-0.25, -0.2) is 9.69 Å². The number of cyclic esters (lactones) is 1. The van der Waals surface area contributed by atoms with Crippen LogP contribution in [0.25, 0.3) is 0 Å². The minimum absolute atomic E-state index is 0.0403. The highest BCUT2D eigenvalue weighted by Crippen LogP contribution is 2.59. The maximum atomic E-state index is 13.3. The Balaban J connectivity index is 1.51. The third kappa shape index (κ3) is 2.00. The Morgan fingerprint density at radius 2 is 1.77 bits per heavy atom. The number of ketones is 1. The number of carbonyl (C=O) groups is 3. The van der Waals surface area contributed by atoms with Crippen molar-refractivity contribution in [1.82, 2.24) is 4.90 Å². The first-order chi connectivity index (χ1) is 12.6. The molecule has 0 aromatic heterocycles. The summed E-state index contributed by atoms with van der Waals surface area (Å²) in [6.45, 7) is 2.04. The van der Waals surface area contributed by atoms with Crippen LogP contribution in [0.5, 0.6) is 0 Å². The van der Waals surface area contributed by atoms with Gasteiger partial charge in [0.1, 0.15) is 12.6 Å². The third-order valence-corrected chi connectivity index (χ3v) is 6.85. The van der Waals surface area contributed by atoms with Crippen molar-refractivity contribution in [3.63, 3.8) is 0 Å². The highest BCUT2D eigenvalue weighted by atomic mass is 16.6. The molecule has 0 unspecified atom stereocenters. The van der Waals surface area contributed by atoms with Gasteiger partial charge in [0.25, 0.3) is 5.91 Å². The maximum absolute atomic E-state index is 13.3. The topological polar surface area (TPSA) is 63.7 Å². The quantitative estimate of drug-likeness (QED) is 0.767. The van der Waals surface area contributed by atoms with Crippen molar-refractivity contribution in [3.8, 4) is 0 Å². The van der Waals surface area contributed by atoms with Crippen LogP contribution in [0.15, 0.2) is 41.5 Å². The molecule has 4 aliphatic rings. The number of benzene rings is 1. The van der Waals surface area contributed by atoms with Gasteiger partial charge in [0.15, 0.2) is 5.78 Å². The second-order valence-electron chi connectivity index (χ2n) is 7.99. The number of carbonyl (C=O) groups excluding carboxylic acids is 3. The van der Waals surface area contributed by atoms with Crippen molar-refractivity contribution in [3.05, 3.63) is 47.0 Å². The van der Waals surface area contributed by atoms with Gasteiger partial charge in [-0.2, -0.15) is 0 Å². The number of rotatable bonds is 2. The summed E-state index contributed by atoms with van der Waals surface area (Å²) in [5.41, 5.74) is 1.98. The van der Waals surface area contributed by atoms with Crippen LogP contribution in [0.2, 0.25) is 0 Å². The summed E-state index contributed by atoms with van der Waals surface area (Å²) in [4.78, 5) is 39.8. The molecular formula is C21H21NO4. The van der Waals surface area contributed by atoms with E-state index in [1.54, 1.807) is 0 Å². The van der Waals surface area contributed by atoms with Crippen LogP contribution < -0.4 is 0 Å². The summed E-state index contributed by atoms with van der Waals surface area (Å²) in [6.07, 6.45) is 2.69. The van der Waals surface area contributed by atoms with Crippen LogP contribution in [0.3, 0.4) is 0 Å². The summed E-state index contributed by atoms with van der Waals surface area (Å²) in [7, 11) is 0. The molecule has 2 saturated carbocycles. The first-order valence-corrected chi connectivity index (χ1v) is 9.38. The summed E-state index contributed by atoms with van der Waals surface area (Å²) in [5.74, 6) is 0.576. The maximum Gasteiger partial charge on any atom is 0.417 e. The molecule has 26 heavy (non-hydrogen) atoms.